The summed E-state index contributed by atoms with van der Waals surface area (Å²) in [6, 6.07) is 7.53. The lowest BCUT2D eigenvalue weighted by atomic mass is 10.2. The van der Waals surface area contributed by atoms with Gasteiger partial charge in [-0.15, -0.1) is 0 Å². The quantitative estimate of drug-likeness (QED) is 0.635. The highest BCUT2D eigenvalue weighted by molar-refractivity contribution is 5.75. The fourth-order valence-corrected chi connectivity index (χ4v) is 2.02. The van der Waals surface area contributed by atoms with Gasteiger partial charge >= 0.3 is 0 Å². The van der Waals surface area contributed by atoms with Crippen molar-refractivity contribution in [3.05, 3.63) is 24.3 Å². The number of ether oxygens (including phenoxy) is 2. The van der Waals surface area contributed by atoms with Gasteiger partial charge in [-0.25, -0.2) is 0 Å². The number of hydrogen-bond donors (Lipinski definition) is 1. The minimum Gasteiger partial charge on any atom is -0.493 e. The van der Waals surface area contributed by atoms with Gasteiger partial charge in [0.2, 0.25) is 5.91 Å². The van der Waals surface area contributed by atoms with Crippen molar-refractivity contribution in [2.45, 2.75) is 45.4 Å². The summed E-state index contributed by atoms with van der Waals surface area (Å²) in [5.74, 6) is 1.55. The zero-order valence-electron chi connectivity index (χ0n) is 13.2. The van der Waals surface area contributed by atoms with Gasteiger partial charge < -0.3 is 14.8 Å². The molecule has 0 aliphatic rings. The maximum atomic E-state index is 11.6. The molecule has 0 aliphatic carbocycles. The molecule has 0 aromatic heterocycles. The van der Waals surface area contributed by atoms with Crippen molar-refractivity contribution in [2.75, 3.05) is 20.3 Å². The number of carbonyl (C=O) groups excluding carboxylic acids is 1. The summed E-state index contributed by atoms with van der Waals surface area (Å²) in [6.45, 7) is 3.48. The maximum Gasteiger partial charge on any atom is 0.220 e. The molecule has 0 atom stereocenters. The summed E-state index contributed by atoms with van der Waals surface area (Å²) in [5.41, 5.74) is 0. The number of unbranched alkanes of at least 4 members (excludes halogenated alkanes) is 3. The molecular weight excluding hydrogens is 266 g/mol. The SMILES string of the molecule is CCCCCCNC(=O)CCCOc1ccccc1OC. The minimum atomic E-state index is 0.107. The fourth-order valence-electron chi connectivity index (χ4n) is 2.02. The molecule has 118 valence electrons. The zero-order chi connectivity index (χ0) is 15.3. The van der Waals surface area contributed by atoms with E-state index in [2.05, 4.69) is 12.2 Å². The molecule has 1 aromatic rings. The Morgan fingerprint density at radius 2 is 1.86 bits per heavy atom. The van der Waals surface area contributed by atoms with Crippen LogP contribution in [0.3, 0.4) is 0 Å². The Balaban J connectivity index is 2.09. The average Bonchev–Trinajstić information content (AvgIpc) is 2.51. The third-order valence-corrected chi connectivity index (χ3v) is 3.23. The van der Waals surface area contributed by atoms with E-state index in [9.17, 15) is 4.79 Å². The monoisotopic (exact) mass is 293 g/mol. The van der Waals surface area contributed by atoms with E-state index >= 15 is 0 Å². The second kappa shape index (κ2) is 11.0. The van der Waals surface area contributed by atoms with Gasteiger partial charge in [0.15, 0.2) is 11.5 Å². The molecule has 0 bridgehead atoms. The molecule has 0 spiro atoms. The molecule has 0 saturated carbocycles. The summed E-state index contributed by atoms with van der Waals surface area (Å²) < 4.78 is 10.8. The lowest BCUT2D eigenvalue weighted by Gasteiger charge is -2.10. The summed E-state index contributed by atoms with van der Waals surface area (Å²) in [7, 11) is 1.62. The molecule has 1 rings (SSSR count). The van der Waals surface area contributed by atoms with E-state index in [1.54, 1.807) is 7.11 Å². The average molecular weight is 293 g/mol. The van der Waals surface area contributed by atoms with Gasteiger partial charge in [-0.3, -0.25) is 4.79 Å². The van der Waals surface area contributed by atoms with Gasteiger partial charge in [0.05, 0.1) is 13.7 Å². The van der Waals surface area contributed by atoms with Crippen molar-refractivity contribution >= 4 is 5.91 Å². The second-order valence-electron chi connectivity index (χ2n) is 5.01. The molecule has 0 unspecified atom stereocenters. The van der Waals surface area contributed by atoms with Crippen LogP contribution in [0.25, 0.3) is 0 Å². The van der Waals surface area contributed by atoms with Crippen molar-refractivity contribution < 1.29 is 14.3 Å². The largest absolute Gasteiger partial charge is 0.493 e. The smallest absolute Gasteiger partial charge is 0.220 e. The zero-order valence-corrected chi connectivity index (χ0v) is 13.2. The highest BCUT2D eigenvalue weighted by Gasteiger charge is 2.04. The Kier molecular flexibility index (Phi) is 9.09. The molecule has 1 aromatic carbocycles. The molecule has 1 N–H and O–H groups in total. The molecule has 1 amide bonds. The predicted molar refractivity (Wildman–Crippen MR) is 84.9 cm³/mol. The van der Waals surface area contributed by atoms with Crippen LogP contribution in [-0.2, 0) is 4.79 Å². The number of para-hydroxylation sites is 2. The van der Waals surface area contributed by atoms with Crippen molar-refractivity contribution in [1.29, 1.82) is 0 Å². The third kappa shape index (κ3) is 7.59. The minimum absolute atomic E-state index is 0.107. The first-order valence-corrected chi connectivity index (χ1v) is 7.80. The number of amides is 1. The number of carbonyl (C=O) groups is 1. The van der Waals surface area contributed by atoms with Crippen LogP contribution in [-0.4, -0.2) is 26.2 Å². The normalized spacial score (nSPS) is 10.2. The van der Waals surface area contributed by atoms with Crippen molar-refractivity contribution in [2.24, 2.45) is 0 Å². The number of rotatable bonds is 11. The predicted octanol–water partition coefficient (Wildman–Crippen LogP) is 3.55. The highest BCUT2D eigenvalue weighted by atomic mass is 16.5. The molecule has 4 heteroatoms. The Bertz CT molecular complexity index is 407. The molecule has 0 fully saturated rings. The van der Waals surface area contributed by atoms with Gasteiger partial charge in [-0.1, -0.05) is 38.3 Å². The van der Waals surface area contributed by atoms with E-state index in [1.807, 2.05) is 24.3 Å². The molecule has 21 heavy (non-hydrogen) atoms. The van der Waals surface area contributed by atoms with E-state index in [1.165, 1.54) is 19.3 Å². The lowest BCUT2D eigenvalue weighted by Crippen LogP contribution is -2.24. The van der Waals surface area contributed by atoms with E-state index in [4.69, 9.17) is 9.47 Å². The number of nitrogens with one attached hydrogen (secondary N) is 1. The van der Waals surface area contributed by atoms with E-state index in [-0.39, 0.29) is 5.91 Å². The Morgan fingerprint density at radius 3 is 2.57 bits per heavy atom. The first-order chi connectivity index (χ1) is 10.3. The van der Waals surface area contributed by atoms with Crippen LogP contribution < -0.4 is 14.8 Å². The summed E-state index contributed by atoms with van der Waals surface area (Å²) >= 11 is 0. The van der Waals surface area contributed by atoms with E-state index in [0.29, 0.717) is 19.4 Å². The third-order valence-electron chi connectivity index (χ3n) is 3.23. The van der Waals surface area contributed by atoms with Gasteiger partial charge in [-0.05, 0) is 25.0 Å². The maximum absolute atomic E-state index is 11.6. The van der Waals surface area contributed by atoms with E-state index in [0.717, 1.165) is 24.5 Å². The topological polar surface area (TPSA) is 47.6 Å². The van der Waals surface area contributed by atoms with Gasteiger partial charge in [0.25, 0.3) is 0 Å². The number of hydrogen-bond acceptors (Lipinski definition) is 3. The first kappa shape index (κ1) is 17.3. The number of methoxy groups -OCH3 is 1. The standard InChI is InChI=1S/C17H27NO3/c1-3-4-5-8-13-18-17(19)12-9-14-21-16-11-7-6-10-15(16)20-2/h6-7,10-11H,3-5,8-9,12-14H2,1-2H3,(H,18,19). The molecule has 0 aliphatic heterocycles. The van der Waals surface area contributed by atoms with Crippen LogP contribution in [0.5, 0.6) is 11.5 Å². The summed E-state index contributed by atoms with van der Waals surface area (Å²) in [4.78, 5) is 11.6. The molecule has 0 heterocycles. The van der Waals surface area contributed by atoms with Crippen molar-refractivity contribution in [3.63, 3.8) is 0 Å². The fraction of sp³-hybridized carbons (Fsp3) is 0.588. The van der Waals surface area contributed by atoms with Crippen LogP contribution in [0.15, 0.2) is 24.3 Å². The molecule has 0 saturated heterocycles. The van der Waals surface area contributed by atoms with Crippen LogP contribution >= 0.6 is 0 Å². The van der Waals surface area contributed by atoms with Gasteiger partial charge in [0, 0.05) is 13.0 Å². The Hall–Kier alpha value is -1.71. The van der Waals surface area contributed by atoms with E-state index < -0.39 is 0 Å². The highest BCUT2D eigenvalue weighted by Crippen LogP contribution is 2.25. The molecular formula is C17H27NO3. The number of benzene rings is 1. The molecule has 0 radical (unpaired) electrons. The van der Waals surface area contributed by atoms with Gasteiger partial charge in [-0.2, -0.15) is 0 Å². The van der Waals surface area contributed by atoms with Crippen LogP contribution in [0.1, 0.15) is 45.4 Å². The molecule has 4 nitrogen and oxygen atoms in total. The summed E-state index contributed by atoms with van der Waals surface area (Å²) in [6.07, 6.45) is 5.92. The van der Waals surface area contributed by atoms with Crippen molar-refractivity contribution in [1.82, 2.24) is 5.32 Å². The van der Waals surface area contributed by atoms with Crippen LogP contribution in [0, 0.1) is 0 Å². The van der Waals surface area contributed by atoms with Crippen LogP contribution in [0.4, 0.5) is 0 Å². The Morgan fingerprint density at radius 1 is 1.10 bits per heavy atom. The van der Waals surface area contributed by atoms with Gasteiger partial charge in [0.1, 0.15) is 0 Å². The first-order valence-electron chi connectivity index (χ1n) is 7.80. The second-order valence-corrected chi connectivity index (χ2v) is 5.01. The van der Waals surface area contributed by atoms with Crippen molar-refractivity contribution in [3.8, 4) is 11.5 Å². The van der Waals surface area contributed by atoms with Crippen LogP contribution in [0.2, 0.25) is 0 Å². The lowest BCUT2D eigenvalue weighted by molar-refractivity contribution is -0.121. The summed E-state index contributed by atoms with van der Waals surface area (Å²) in [5, 5.41) is 2.94. The Labute approximate surface area is 127 Å².